The van der Waals surface area contributed by atoms with E-state index in [0.717, 1.165) is 34.2 Å². The molecule has 0 bridgehead atoms. The van der Waals surface area contributed by atoms with Crippen molar-refractivity contribution < 1.29 is 27.9 Å². The SMILES string of the molecule is CCCOc1ccc2ccccc2c1/C=C1\SC(=O)N(CC(=O)Nc2ccc(F)cc2F)C1=O. The molecule has 1 heterocycles. The summed E-state index contributed by atoms with van der Waals surface area (Å²) in [6, 6.07) is 14.0. The first-order chi connectivity index (χ1) is 16.4. The van der Waals surface area contributed by atoms with Crippen LogP contribution >= 0.6 is 11.8 Å². The topological polar surface area (TPSA) is 75.7 Å². The Morgan fingerprint density at radius 1 is 1.12 bits per heavy atom. The smallest absolute Gasteiger partial charge is 0.294 e. The van der Waals surface area contributed by atoms with Crippen LogP contribution in [-0.2, 0) is 9.59 Å². The van der Waals surface area contributed by atoms with Crippen LogP contribution in [0.2, 0.25) is 0 Å². The van der Waals surface area contributed by atoms with Gasteiger partial charge in [-0.3, -0.25) is 19.3 Å². The van der Waals surface area contributed by atoms with Gasteiger partial charge >= 0.3 is 0 Å². The molecule has 0 radical (unpaired) electrons. The van der Waals surface area contributed by atoms with E-state index in [2.05, 4.69) is 5.32 Å². The van der Waals surface area contributed by atoms with E-state index in [-0.39, 0.29) is 10.6 Å². The third-order valence-electron chi connectivity index (χ3n) is 5.05. The van der Waals surface area contributed by atoms with Crippen molar-refractivity contribution in [3.63, 3.8) is 0 Å². The lowest BCUT2D eigenvalue weighted by molar-refractivity contribution is -0.127. The molecule has 0 aromatic heterocycles. The Bertz CT molecular complexity index is 1330. The van der Waals surface area contributed by atoms with Gasteiger partial charge < -0.3 is 10.1 Å². The zero-order chi connectivity index (χ0) is 24.2. The molecule has 3 aromatic rings. The highest BCUT2D eigenvalue weighted by Gasteiger charge is 2.36. The van der Waals surface area contributed by atoms with Crippen LogP contribution < -0.4 is 10.1 Å². The van der Waals surface area contributed by atoms with Crippen molar-refractivity contribution in [2.45, 2.75) is 13.3 Å². The number of hydrogen-bond donors (Lipinski definition) is 1. The maximum atomic E-state index is 13.8. The number of thioether (sulfide) groups is 1. The number of nitrogens with zero attached hydrogens (tertiary/aromatic N) is 1. The first-order valence-corrected chi connectivity index (χ1v) is 11.3. The number of halogens is 2. The second-order valence-corrected chi connectivity index (χ2v) is 8.48. The Labute approximate surface area is 198 Å². The van der Waals surface area contributed by atoms with E-state index in [9.17, 15) is 23.2 Å². The summed E-state index contributed by atoms with van der Waals surface area (Å²) in [6.07, 6.45) is 2.39. The molecule has 4 rings (SSSR count). The van der Waals surface area contributed by atoms with Gasteiger partial charge in [-0.1, -0.05) is 37.3 Å². The highest BCUT2D eigenvalue weighted by Crippen LogP contribution is 2.37. The minimum Gasteiger partial charge on any atom is -0.493 e. The number of imide groups is 1. The number of carbonyl (C=O) groups is 3. The molecule has 1 aliphatic heterocycles. The normalized spacial score (nSPS) is 14.8. The Morgan fingerprint density at radius 2 is 1.91 bits per heavy atom. The average Bonchev–Trinajstić information content (AvgIpc) is 3.07. The van der Waals surface area contributed by atoms with Crippen molar-refractivity contribution in [3.8, 4) is 5.75 Å². The Balaban J connectivity index is 1.58. The molecule has 1 fully saturated rings. The minimum atomic E-state index is -0.960. The quantitative estimate of drug-likeness (QED) is 0.445. The number of benzene rings is 3. The number of carbonyl (C=O) groups excluding carboxylic acids is 3. The van der Waals surface area contributed by atoms with Crippen LogP contribution in [0.1, 0.15) is 18.9 Å². The van der Waals surface area contributed by atoms with Crippen molar-refractivity contribution in [3.05, 3.63) is 76.7 Å². The fourth-order valence-electron chi connectivity index (χ4n) is 3.45. The molecule has 34 heavy (non-hydrogen) atoms. The predicted octanol–water partition coefficient (Wildman–Crippen LogP) is 5.58. The van der Waals surface area contributed by atoms with Crippen LogP contribution in [0.5, 0.6) is 5.75 Å². The molecular weight excluding hydrogens is 462 g/mol. The number of ether oxygens (including phenoxy) is 1. The van der Waals surface area contributed by atoms with Crippen molar-refractivity contribution in [1.29, 1.82) is 0 Å². The lowest BCUT2D eigenvalue weighted by Crippen LogP contribution is -2.36. The van der Waals surface area contributed by atoms with E-state index in [1.54, 1.807) is 6.08 Å². The van der Waals surface area contributed by atoms with Crippen molar-refractivity contribution in [1.82, 2.24) is 4.90 Å². The molecule has 0 saturated carbocycles. The number of hydrogen-bond acceptors (Lipinski definition) is 5. The van der Waals surface area contributed by atoms with Gasteiger partial charge in [-0.05, 0) is 53.2 Å². The Morgan fingerprint density at radius 3 is 2.68 bits per heavy atom. The summed E-state index contributed by atoms with van der Waals surface area (Å²) in [5, 5.41) is 3.42. The van der Waals surface area contributed by atoms with Gasteiger partial charge in [0, 0.05) is 11.6 Å². The summed E-state index contributed by atoms with van der Waals surface area (Å²) in [4.78, 5) is 38.7. The molecule has 1 N–H and O–H groups in total. The molecule has 0 aliphatic carbocycles. The second-order valence-electron chi connectivity index (χ2n) is 7.49. The lowest BCUT2D eigenvalue weighted by atomic mass is 10.0. The molecule has 0 spiro atoms. The second kappa shape index (κ2) is 10.0. The van der Waals surface area contributed by atoms with Crippen LogP contribution in [0, 0.1) is 11.6 Å². The van der Waals surface area contributed by atoms with Crippen LogP contribution in [-0.4, -0.2) is 35.1 Å². The summed E-state index contributed by atoms with van der Waals surface area (Å²) < 4.78 is 32.7. The fourth-order valence-corrected chi connectivity index (χ4v) is 4.27. The molecule has 174 valence electrons. The van der Waals surface area contributed by atoms with Crippen molar-refractivity contribution in [2.24, 2.45) is 0 Å². The Kier molecular flexibility index (Phi) is 6.93. The van der Waals surface area contributed by atoms with E-state index in [0.29, 0.717) is 35.7 Å². The molecule has 0 unspecified atom stereocenters. The Hall–Kier alpha value is -3.72. The molecule has 3 amide bonds. The maximum Gasteiger partial charge on any atom is 0.294 e. The molecule has 6 nitrogen and oxygen atoms in total. The predicted molar refractivity (Wildman–Crippen MR) is 127 cm³/mol. The summed E-state index contributed by atoms with van der Waals surface area (Å²) in [7, 11) is 0. The zero-order valence-electron chi connectivity index (χ0n) is 18.1. The molecule has 9 heteroatoms. The van der Waals surface area contributed by atoms with Crippen LogP contribution in [0.25, 0.3) is 16.8 Å². The molecule has 3 aromatic carbocycles. The summed E-state index contributed by atoms with van der Waals surface area (Å²) in [5.41, 5.74) is 0.414. The summed E-state index contributed by atoms with van der Waals surface area (Å²) in [6.45, 7) is 1.86. The first-order valence-electron chi connectivity index (χ1n) is 10.5. The van der Waals surface area contributed by atoms with Crippen LogP contribution in [0.15, 0.2) is 59.5 Å². The summed E-state index contributed by atoms with van der Waals surface area (Å²) >= 11 is 0.710. The average molecular weight is 483 g/mol. The van der Waals surface area contributed by atoms with E-state index < -0.39 is 35.2 Å². The fraction of sp³-hybridized carbons (Fsp3) is 0.160. The van der Waals surface area contributed by atoms with Gasteiger partial charge in [0.15, 0.2) is 0 Å². The molecular formula is C25H20F2N2O4S. The van der Waals surface area contributed by atoms with Gasteiger partial charge in [0.1, 0.15) is 23.9 Å². The van der Waals surface area contributed by atoms with Crippen LogP contribution in [0.4, 0.5) is 19.3 Å². The third-order valence-corrected chi connectivity index (χ3v) is 5.96. The molecule has 1 saturated heterocycles. The van der Waals surface area contributed by atoms with Gasteiger partial charge in [-0.15, -0.1) is 0 Å². The molecule has 0 atom stereocenters. The van der Waals surface area contributed by atoms with Crippen molar-refractivity contribution >= 4 is 51.4 Å². The van der Waals surface area contributed by atoms with E-state index in [4.69, 9.17) is 4.74 Å². The lowest BCUT2D eigenvalue weighted by Gasteiger charge is -2.13. The monoisotopic (exact) mass is 482 g/mol. The largest absolute Gasteiger partial charge is 0.493 e. The first kappa shape index (κ1) is 23.4. The van der Waals surface area contributed by atoms with Crippen LogP contribution in [0.3, 0.4) is 0 Å². The third kappa shape index (κ3) is 4.94. The number of amides is 3. The summed E-state index contributed by atoms with van der Waals surface area (Å²) in [5.74, 6) is -2.59. The zero-order valence-corrected chi connectivity index (χ0v) is 19.0. The number of nitrogens with one attached hydrogen (secondary N) is 1. The molecule has 1 aliphatic rings. The van der Waals surface area contributed by atoms with Gasteiger partial charge in [-0.2, -0.15) is 0 Å². The minimum absolute atomic E-state index is 0.142. The van der Waals surface area contributed by atoms with Crippen molar-refractivity contribution in [2.75, 3.05) is 18.5 Å². The van der Waals surface area contributed by atoms with E-state index in [1.807, 2.05) is 43.3 Å². The van der Waals surface area contributed by atoms with Gasteiger partial charge in [0.05, 0.1) is 17.2 Å². The number of rotatable bonds is 7. The van der Waals surface area contributed by atoms with E-state index >= 15 is 0 Å². The van der Waals surface area contributed by atoms with E-state index in [1.165, 1.54) is 0 Å². The van der Waals surface area contributed by atoms with Gasteiger partial charge in [0.25, 0.3) is 11.1 Å². The standard InChI is InChI=1S/C25H20F2N2O4S/c1-2-11-33-21-10-7-15-5-3-4-6-17(15)18(21)13-22-24(31)29(25(32)34-22)14-23(30)28-20-9-8-16(26)12-19(20)27/h3-10,12-13H,2,11,14H2,1H3,(H,28,30)/b22-13-. The number of anilines is 1. The number of fused-ring (bicyclic) bond motifs is 1. The van der Waals surface area contributed by atoms with Gasteiger partial charge in [-0.25, -0.2) is 8.78 Å². The maximum absolute atomic E-state index is 13.8. The highest BCUT2D eigenvalue weighted by molar-refractivity contribution is 8.18. The van der Waals surface area contributed by atoms with Gasteiger partial charge in [0.2, 0.25) is 5.91 Å². The highest BCUT2D eigenvalue weighted by atomic mass is 32.2.